The highest BCUT2D eigenvalue weighted by molar-refractivity contribution is 5.76. The van der Waals surface area contributed by atoms with E-state index in [2.05, 4.69) is 0 Å². The zero-order chi connectivity index (χ0) is 9.42. The maximum absolute atomic E-state index is 12.7. The molecule has 0 spiro atoms. The van der Waals surface area contributed by atoms with Crippen molar-refractivity contribution in [2.24, 2.45) is 0 Å². The van der Waals surface area contributed by atoms with Gasteiger partial charge in [-0.1, -0.05) is 0 Å². The Bertz CT molecular complexity index is 516. The first-order chi connectivity index (χ1) is 6.18. The smallest absolute Gasteiger partial charge is 0.192 e. The van der Waals surface area contributed by atoms with Crippen LogP contribution in [-0.4, -0.2) is 0 Å². The van der Waals surface area contributed by atoms with E-state index in [1.165, 1.54) is 0 Å². The van der Waals surface area contributed by atoms with Gasteiger partial charge in [-0.05, 0) is 6.07 Å². The Kier molecular flexibility index (Phi) is 1.62. The van der Waals surface area contributed by atoms with E-state index in [9.17, 15) is 13.6 Å². The molecular weight excluding hydrogens is 178 g/mol. The molecule has 0 bridgehead atoms. The molecule has 66 valence electrons. The van der Waals surface area contributed by atoms with Crippen molar-refractivity contribution in [2.45, 2.75) is 0 Å². The van der Waals surface area contributed by atoms with Crippen molar-refractivity contribution >= 4 is 11.0 Å². The van der Waals surface area contributed by atoms with Crippen molar-refractivity contribution in [1.82, 2.24) is 0 Å². The van der Waals surface area contributed by atoms with Gasteiger partial charge in [0, 0.05) is 12.1 Å². The van der Waals surface area contributed by atoms with Crippen LogP contribution in [0.3, 0.4) is 0 Å². The van der Waals surface area contributed by atoms with E-state index in [0.717, 1.165) is 24.5 Å². The van der Waals surface area contributed by atoms with Gasteiger partial charge < -0.3 is 4.42 Å². The SMILES string of the molecule is O=c1ccoc2cc(F)c(F)cc12. The molecular formula is C9H4F2O2. The number of hydrogen-bond acceptors (Lipinski definition) is 2. The van der Waals surface area contributed by atoms with Gasteiger partial charge in [-0.25, -0.2) is 8.78 Å². The highest BCUT2D eigenvalue weighted by Gasteiger charge is 2.06. The molecule has 2 aromatic rings. The van der Waals surface area contributed by atoms with Crippen molar-refractivity contribution in [2.75, 3.05) is 0 Å². The summed E-state index contributed by atoms with van der Waals surface area (Å²) in [7, 11) is 0. The van der Waals surface area contributed by atoms with E-state index < -0.39 is 11.6 Å². The van der Waals surface area contributed by atoms with Gasteiger partial charge in [-0.3, -0.25) is 4.79 Å². The van der Waals surface area contributed by atoms with Crippen LogP contribution in [0.5, 0.6) is 0 Å². The monoisotopic (exact) mass is 182 g/mol. The normalized spacial score (nSPS) is 10.6. The Balaban J connectivity index is 2.97. The second-order valence-corrected chi connectivity index (χ2v) is 2.55. The van der Waals surface area contributed by atoms with Crippen molar-refractivity contribution in [3.8, 4) is 0 Å². The summed E-state index contributed by atoms with van der Waals surface area (Å²) < 4.78 is 30.1. The zero-order valence-corrected chi connectivity index (χ0v) is 6.38. The number of halogens is 2. The summed E-state index contributed by atoms with van der Waals surface area (Å²) in [6, 6.07) is 2.84. The fraction of sp³-hybridized carbons (Fsp3) is 0. The van der Waals surface area contributed by atoms with Crippen LogP contribution < -0.4 is 5.43 Å². The lowest BCUT2D eigenvalue weighted by atomic mass is 10.2. The molecule has 1 heterocycles. The molecule has 0 saturated heterocycles. The molecule has 1 aromatic heterocycles. The van der Waals surface area contributed by atoms with Gasteiger partial charge in [0.05, 0.1) is 11.6 Å². The van der Waals surface area contributed by atoms with Crippen LogP contribution in [0, 0.1) is 11.6 Å². The maximum Gasteiger partial charge on any atom is 0.192 e. The van der Waals surface area contributed by atoms with E-state index in [1.807, 2.05) is 0 Å². The Labute approximate surface area is 71.4 Å². The number of hydrogen-bond donors (Lipinski definition) is 0. The summed E-state index contributed by atoms with van der Waals surface area (Å²) in [6.07, 6.45) is 1.14. The second kappa shape index (κ2) is 2.65. The molecule has 2 nitrogen and oxygen atoms in total. The summed E-state index contributed by atoms with van der Waals surface area (Å²) in [5.41, 5.74) is -0.341. The van der Waals surface area contributed by atoms with Crippen molar-refractivity contribution in [3.05, 3.63) is 46.3 Å². The maximum atomic E-state index is 12.7. The van der Waals surface area contributed by atoms with E-state index >= 15 is 0 Å². The van der Waals surface area contributed by atoms with Crippen molar-refractivity contribution in [3.63, 3.8) is 0 Å². The molecule has 0 aliphatic carbocycles. The van der Waals surface area contributed by atoms with Crippen LogP contribution in [-0.2, 0) is 0 Å². The first-order valence-corrected chi connectivity index (χ1v) is 3.55. The lowest BCUT2D eigenvalue weighted by Gasteiger charge is -1.96. The Hall–Kier alpha value is -1.71. The predicted molar refractivity (Wildman–Crippen MR) is 42.4 cm³/mol. The standard InChI is InChI=1S/C9H4F2O2/c10-6-3-5-8(12)1-2-13-9(5)4-7(6)11/h1-4H. The van der Waals surface area contributed by atoms with Gasteiger partial charge in [0.1, 0.15) is 5.58 Å². The van der Waals surface area contributed by atoms with Gasteiger partial charge in [-0.2, -0.15) is 0 Å². The summed E-state index contributed by atoms with van der Waals surface area (Å²) in [5.74, 6) is -2.08. The summed E-state index contributed by atoms with van der Waals surface area (Å²) in [4.78, 5) is 11.1. The Morgan fingerprint density at radius 3 is 2.62 bits per heavy atom. The number of rotatable bonds is 0. The average Bonchev–Trinajstić information content (AvgIpc) is 2.09. The number of fused-ring (bicyclic) bond motifs is 1. The Morgan fingerprint density at radius 2 is 1.85 bits per heavy atom. The van der Waals surface area contributed by atoms with Crippen LogP contribution in [0.2, 0.25) is 0 Å². The molecule has 0 unspecified atom stereocenters. The predicted octanol–water partition coefficient (Wildman–Crippen LogP) is 2.07. The van der Waals surface area contributed by atoms with Crippen LogP contribution >= 0.6 is 0 Å². The average molecular weight is 182 g/mol. The molecule has 0 atom stereocenters. The third-order valence-electron chi connectivity index (χ3n) is 1.70. The van der Waals surface area contributed by atoms with Gasteiger partial charge in [-0.15, -0.1) is 0 Å². The van der Waals surface area contributed by atoms with Crippen LogP contribution in [0.4, 0.5) is 8.78 Å². The molecule has 2 rings (SSSR count). The van der Waals surface area contributed by atoms with Crippen LogP contribution in [0.25, 0.3) is 11.0 Å². The molecule has 4 heteroatoms. The molecule has 0 aliphatic heterocycles. The molecule has 1 aromatic carbocycles. The second-order valence-electron chi connectivity index (χ2n) is 2.55. The summed E-state index contributed by atoms with van der Waals surface area (Å²) in [6.45, 7) is 0. The topological polar surface area (TPSA) is 30.2 Å². The van der Waals surface area contributed by atoms with Gasteiger partial charge >= 0.3 is 0 Å². The van der Waals surface area contributed by atoms with Crippen molar-refractivity contribution in [1.29, 1.82) is 0 Å². The minimum Gasteiger partial charge on any atom is -0.464 e. The highest BCUT2D eigenvalue weighted by atomic mass is 19.2. The molecule has 0 radical (unpaired) electrons. The molecule has 0 N–H and O–H groups in total. The minimum absolute atomic E-state index is 0.0430. The minimum atomic E-state index is -1.05. The third kappa shape index (κ3) is 1.20. The molecule has 13 heavy (non-hydrogen) atoms. The zero-order valence-electron chi connectivity index (χ0n) is 6.38. The van der Waals surface area contributed by atoms with Gasteiger partial charge in [0.25, 0.3) is 0 Å². The fourth-order valence-electron chi connectivity index (χ4n) is 1.08. The largest absolute Gasteiger partial charge is 0.464 e. The highest BCUT2D eigenvalue weighted by Crippen LogP contribution is 2.14. The summed E-state index contributed by atoms with van der Waals surface area (Å²) in [5, 5.41) is 0.0430. The molecule has 0 aliphatic rings. The fourth-order valence-corrected chi connectivity index (χ4v) is 1.08. The molecule has 0 saturated carbocycles. The quantitative estimate of drug-likeness (QED) is 0.624. The Morgan fingerprint density at radius 1 is 1.15 bits per heavy atom. The molecule has 0 fully saturated rings. The van der Waals surface area contributed by atoms with E-state index in [-0.39, 0.29) is 16.4 Å². The first kappa shape index (κ1) is 7.91. The number of benzene rings is 1. The summed E-state index contributed by atoms with van der Waals surface area (Å²) >= 11 is 0. The third-order valence-corrected chi connectivity index (χ3v) is 1.70. The molecule has 0 amide bonds. The van der Waals surface area contributed by atoms with E-state index in [4.69, 9.17) is 4.42 Å². The van der Waals surface area contributed by atoms with Crippen LogP contribution in [0.1, 0.15) is 0 Å². The van der Waals surface area contributed by atoms with Gasteiger partial charge in [0.2, 0.25) is 0 Å². The van der Waals surface area contributed by atoms with Crippen molar-refractivity contribution < 1.29 is 13.2 Å². The lowest BCUT2D eigenvalue weighted by Crippen LogP contribution is -1.99. The van der Waals surface area contributed by atoms with E-state index in [1.54, 1.807) is 0 Å². The first-order valence-electron chi connectivity index (χ1n) is 3.55. The van der Waals surface area contributed by atoms with Crippen LogP contribution in [0.15, 0.2) is 33.7 Å². The van der Waals surface area contributed by atoms with E-state index in [0.29, 0.717) is 0 Å². The lowest BCUT2D eigenvalue weighted by molar-refractivity contribution is 0.505. The van der Waals surface area contributed by atoms with Gasteiger partial charge in [0.15, 0.2) is 17.1 Å².